The number of carbonyl (C=O) groups is 2. The molecule has 0 bridgehead atoms. The number of benzene rings is 2. The molecule has 21 heavy (non-hydrogen) atoms. The Kier molecular flexibility index (Phi) is 5.27. The Balaban J connectivity index is 2.24. The van der Waals surface area contributed by atoms with E-state index >= 15 is 0 Å². The van der Waals surface area contributed by atoms with Crippen molar-refractivity contribution in [2.45, 2.75) is 13.3 Å². The van der Waals surface area contributed by atoms with Crippen LogP contribution in [0.3, 0.4) is 0 Å². The van der Waals surface area contributed by atoms with Crippen LogP contribution in [0.15, 0.2) is 60.7 Å². The van der Waals surface area contributed by atoms with Gasteiger partial charge in [0.15, 0.2) is 5.78 Å². The molecule has 0 unspecified atom stereocenters. The molecule has 108 valence electrons. The van der Waals surface area contributed by atoms with Crippen molar-refractivity contribution in [3.63, 3.8) is 0 Å². The molecular formula is C18H18O3. The van der Waals surface area contributed by atoms with E-state index in [9.17, 15) is 9.59 Å². The second-order valence-corrected chi connectivity index (χ2v) is 4.72. The van der Waals surface area contributed by atoms with Crippen LogP contribution in [0.2, 0.25) is 0 Å². The number of ketones is 1. The molecule has 2 aromatic rings. The van der Waals surface area contributed by atoms with Gasteiger partial charge in [0.05, 0.1) is 6.61 Å². The summed E-state index contributed by atoms with van der Waals surface area (Å²) in [7, 11) is 0. The molecule has 3 heteroatoms. The highest BCUT2D eigenvalue weighted by molar-refractivity contribution is 6.08. The maximum atomic E-state index is 12.6. The van der Waals surface area contributed by atoms with Crippen LogP contribution in [0.4, 0.5) is 0 Å². The van der Waals surface area contributed by atoms with Gasteiger partial charge in [-0.3, -0.25) is 9.59 Å². The zero-order valence-electron chi connectivity index (χ0n) is 12.0. The van der Waals surface area contributed by atoms with E-state index in [0.29, 0.717) is 12.0 Å². The molecule has 3 nitrogen and oxygen atoms in total. The van der Waals surface area contributed by atoms with Crippen molar-refractivity contribution in [1.82, 2.24) is 0 Å². The van der Waals surface area contributed by atoms with E-state index in [1.165, 1.54) is 0 Å². The van der Waals surface area contributed by atoms with E-state index in [1.54, 1.807) is 31.2 Å². The van der Waals surface area contributed by atoms with Gasteiger partial charge in [-0.2, -0.15) is 0 Å². The first-order chi connectivity index (χ1) is 10.2. The van der Waals surface area contributed by atoms with Gasteiger partial charge in [-0.25, -0.2) is 0 Å². The van der Waals surface area contributed by atoms with Gasteiger partial charge in [0.25, 0.3) is 0 Å². The standard InChI is InChI=1S/C18H18O3/c1-2-21-18(20)16(13-14-9-5-3-6-10-14)17(19)15-11-7-4-8-12-15/h3-12,16H,2,13H2,1H3/t16-/m0/s1. The summed E-state index contributed by atoms with van der Waals surface area (Å²) in [4.78, 5) is 24.7. The van der Waals surface area contributed by atoms with E-state index < -0.39 is 11.9 Å². The molecule has 2 aromatic carbocycles. The molecule has 0 radical (unpaired) electrons. The predicted octanol–water partition coefficient (Wildman–Crippen LogP) is 3.29. The maximum Gasteiger partial charge on any atom is 0.317 e. The van der Waals surface area contributed by atoms with E-state index in [0.717, 1.165) is 5.56 Å². The molecule has 0 saturated carbocycles. The fraction of sp³-hybridized carbons (Fsp3) is 0.222. The van der Waals surface area contributed by atoms with E-state index in [1.807, 2.05) is 36.4 Å². The maximum absolute atomic E-state index is 12.6. The summed E-state index contributed by atoms with van der Waals surface area (Å²) in [5, 5.41) is 0. The quantitative estimate of drug-likeness (QED) is 0.464. The minimum absolute atomic E-state index is 0.196. The molecule has 0 aliphatic carbocycles. The lowest BCUT2D eigenvalue weighted by molar-refractivity contribution is -0.146. The first-order valence-electron chi connectivity index (χ1n) is 7.02. The summed E-state index contributed by atoms with van der Waals surface area (Å²) >= 11 is 0. The van der Waals surface area contributed by atoms with Gasteiger partial charge in [0, 0.05) is 5.56 Å². The van der Waals surface area contributed by atoms with E-state index in [-0.39, 0.29) is 12.4 Å². The Morgan fingerprint density at radius 3 is 2.10 bits per heavy atom. The van der Waals surface area contributed by atoms with E-state index in [2.05, 4.69) is 0 Å². The number of Topliss-reactive ketones (excluding diaryl/α,β-unsaturated/α-hetero) is 1. The molecule has 0 spiro atoms. The van der Waals surface area contributed by atoms with Crippen LogP contribution in [-0.4, -0.2) is 18.4 Å². The van der Waals surface area contributed by atoms with Gasteiger partial charge >= 0.3 is 5.97 Å². The van der Waals surface area contributed by atoms with Gasteiger partial charge in [0.2, 0.25) is 0 Å². The molecule has 0 aromatic heterocycles. The average Bonchev–Trinajstić information content (AvgIpc) is 2.54. The van der Waals surface area contributed by atoms with Gasteiger partial charge < -0.3 is 4.74 Å². The molecule has 0 fully saturated rings. The topological polar surface area (TPSA) is 43.4 Å². The summed E-state index contributed by atoms with van der Waals surface area (Å²) in [5.74, 6) is -1.46. The third-order valence-corrected chi connectivity index (χ3v) is 3.23. The average molecular weight is 282 g/mol. The SMILES string of the molecule is CCOC(=O)[C@@H](Cc1ccccc1)C(=O)c1ccccc1. The Bertz CT molecular complexity index is 590. The molecule has 0 saturated heterocycles. The monoisotopic (exact) mass is 282 g/mol. The van der Waals surface area contributed by atoms with Crippen LogP contribution in [-0.2, 0) is 16.0 Å². The zero-order valence-corrected chi connectivity index (χ0v) is 12.0. The largest absolute Gasteiger partial charge is 0.465 e. The lowest BCUT2D eigenvalue weighted by atomic mass is 9.91. The molecule has 0 heterocycles. The van der Waals surface area contributed by atoms with Crippen LogP contribution in [0.1, 0.15) is 22.8 Å². The van der Waals surface area contributed by atoms with Gasteiger partial charge in [-0.1, -0.05) is 60.7 Å². The molecule has 0 aliphatic rings. The fourth-order valence-corrected chi connectivity index (χ4v) is 2.18. The summed E-state index contributed by atoms with van der Waals surface area (Å²) < 4.78 is 5.06. The second kappa shape index (κ2) is 7.39. The van der Waals surface area contributed by atoms with Crippen molar-refractivity contribution in [3.05, 3.63) is 71.8 Å². The van der Waals surface area contributed by atoms with Crippen molar-refractivity contribution >= 4 is 11.8 Å². The van der Waals surface area contributed by atoms with Crippen molar-refractivity contribution in [2.75, 3.05) is 6.61 Å². The van der Waals surface area contributed by atoms with Crippen LogP contribution in [0.25, 0.3) is 0 Å². The first-order valence-corrected chi connectivity index (χ1v) is 7.02. The highest BCUT2D eigenvalue weighted by Crippen LogP contribution is 2.16. The van der Waals surface area contributed by atoms with Crippen LogP contribution in [0.5, 0.6) is 0 Å². The molecule has 0 amide bonds. The second-order valence-electron chi connectivity index (χ2n) is 4.72. The number of hydrogen-bond acceptors (Lipinski definition) is 3. The Hall–Kier alpha value is -2.42. The summed E-state index contributed by atoms with van der Waals surface area (Å²) in [5.41, 5.74) is 1.48. The third kappa shape index (κ3) is 4.02. The Labute approximate surface area is 124 Å². The van der Waals surface area contributed by atoms with Crippen LogP contribution < -0.4 is 0 Å². The van der Waals surface area contributed by atoms with Gasteiger partial charge in [-0.15, -0.1) is 0 Å². The number of esters is 1. The fourth-order valence-electron chi connectivity index (χ4n) is 2.18. The van der Waals surface area contributed by atoms with Gasteiger partial charge in [0.1, 0.15) is 5.92 Å². The highest BCUT2D eigenvalue weighted by atomic mass is 16.5. The first kappa shape index (κ1) is 15.0. The Morgan fingerprint density at radius 2 is 1.52 bits per heavy atom. The summed E-state index contributed by atoms with van der Waals surface area (Å²) in [6, 6.07) is 18.4. The molecular weight excluding hydrogens is 264 g/mol. The smallest absolute Gasteiger partial charge is 0.317 e. The number of rotatable bonds is 6. The van der Waals surface area contributed by atoms with Crippen LogP contribution >= 0.6 is 0 Å². The van der Waals surface area contributed by atoms with Crippen molar-refractivity contribution in [3.8, 4) is 0 Å². The minimum atomic E-state index is -0.797. The lowest BCUT2D eigenvalue weighted by Crippen LogP contribution is -2.28. The minimum Gasteiger partial charge on any atom is -0.465 e. The molecule has 0 N–H and O–H groups in total. The zero-order chi connectivity index (χ0) is 15.1. The van der Waals surface area contributed by atoms with Crippen molar-refractivity contribution in [1.29, 1.82) is 0 Å². The summed E-state index contributed by atoms with van der Waals surface area (Å²) in [6.45, 7) is 2.01. The predicted molar refractivity (Wildman–Crippen MR) is 81.0 cm³/mol. The van der Waals surface area contributed by atoms with Crippen LogP contribution in [0, 0.1) is 5.92 Å². The summed E-state index contributed by atoms with van der Waals surface area (Å²) in [6.07, 6.45) is 0.355. The lowest BCUT2D eigenvalue weighted by Gasteiger charge is -2.14. The molecule has 0 aliphatic heterocycles. The number of carbonyl (C=O) groups excluding carboxylic acids is 2. The third-order valence-electron chi connectivity index (χ3n) is 3.23. The van der Waals surface area contributed by atoms with Crippen molar-refractivity contribution < 1.29 is 14.3 Å². The van der Waals surface area contributed by atoms with E-state index in [4.69, 9.17) is 4.74 Å². The normalized spacial score (nSPS) is 11.7. The molecule has 2 rings (SSSR count). The van der Waals surface area contributed by atoms with Gasteiger partial charge in [-0.05, 0) is 18.9 Å². The highest BCUT2D eigenvalue weighted by Gasteiger charge is 2.29. The number of ether oxygens (including phenoxy) is 1. The van der Waals surface area contributed by atoms with Crippen molar-refractivity contribution in [2.24, 2.45) is 5.92 Å². The number of hydrogen-bond donors (Lipinski definition) is 0. The Morgan fingerprint density at radius 1 is 0.952 bits per heavy atom. The molecule has 1 atom stereocenters.